The molecule has 0 N–H and O–H groups in total. The van der Waals surface area contributed by atoms with Gasteiger partial charge in [-0.1, -0.05) is 17.7 Å². The van der Waals surface area contributed by atoms with Crippen LogP contribution in [-0.4, -0.2) is 37.7 Å². The van der Waals surface area contributed by atoms with Crippen molar-refractivity contribution in [2.75, 3.05) is 6.61 Å². The van der Waals surface area contributed by atoms with E-state index in [0.29, 0.717) is 24.7 Å². The molecule has 0 spiro atoms. The molecule has 1 atom stereocenters. The second-order valence-corrected chi connectivity index (χ2v) is 7.08. The van der Waals surface area contributed by atoms with Crippen molar-refractivity contribution < 1.29 is 19.2 Å². The monoisotopic (exact) mass is 378 g/mol. The fraction of sp³-hybridized carbons (Fsp3) is 0.375. The van der Waals surface area contributed by atoms with Crippen LogP contribution in [0.1, 0.15) is 18.1 Å². The number of benzene rings is 1. The second-order valence-electron chi connectivity index (χ2n) is 6.64. The fourth-order valence-corrected chi connectivity index (χ4v) is 3.35. The number of halogens is 1. The van der Waals surface area contributed by atoms with Crippen LogP contribution in [0.15, 0.2) is 24.4 Å². The van der Waals surface area contributed by atoms with Gasteiger partial charge in [-0.25, -0.2) is 4.79 Å². The molecular weight excluding hydrogens is 364 g/mol. The summed E-state index contributed by atoms with van der Waals surface area (Å²) in [6, 6.07) is 5.69. The molecule has 10 heteroatoms. The summed E-state index contributed by atoms with van der Waals surface area (Å²) in [7, 11) is 0. The van der Waals surface area contributed by atoms with Crippen molar-refractivity contribution in [1.82, 2.24) is 14.5 Å². The highest BCUT2D eigenvalue weighted by atomic mass is 35.5. The Hall–Kier alpha value is -2.81. The van der Waals surface area contributed by atoms with E-state index in [1.807, 2.05) is 12.1 Å². The molecule has 3 heterocycles. The van der Waals surface area contributed by atoms with E-state index < -0.39 is 16.6 Å². The Bertz CT molecular complexity index is 889. The molecule has 1 aromatic carbocycles. The molecule has 0 saturated heterocycles. The van der Waals surface area contributed by atoms with Crippen LogP contribution in [0.5, 0.6) is 6.01 Å². The summed E-state index contributed by atoms with van der Waals surface area (Å²) in [6.07, 6.45) is 0.862. The van der Waals surface area contributed by atoms with Gasteiger partial charge in [0.2, 0.25) is 0 Å². The van der Waals surface area contributed by atoms with E-state index in [-0.39, 0.29) is 18.4 Å². The van der Waals surface area contributed by atoms with Crippen LogP contribution in [0.25, 0.3) is 0 Å². The largest absolute Gasteiger partial charge is 0.445 e. The van der Waals surface area contributed by atoms with Gasteiger partial charge in [0, 0.05) is 23.1 Å². The molecular formula is C16H15ClN4O5. The number of hydrogen-bond acceptors (Lipinski definition) is 6. The van der Waals surface area contributed by atoms with Gasteiger partial charge in [0.25, 0.3) is 0 Å². The van der Waals surface area contributed by atoms with Gasteiger partial charge in [0.15, 0.2) is 5.60 Å². The van der Waals surface area contributed by atoms with Gasteiger partial charge in [-0.15, -0.1) is 0 Å². The minimum atomic E-state index is -0.816. The van der Waals surface area contributed by atoms with E-state index in [0.717, 1.165) is 11.1 Å². The zero-order valence-electron chi connectivity index (χ0n) is 13.8. The Balaban J connectivity index is 1.35. The van der Waals surface area contributed by atoms with Crippen LogP contribution in [0.2, 0.25) is 5.02 Å². The Morgan fingerprint density at radius 2 is 2.23 bits per heavy atom. The normalized spacial score (nSPS) is 20.5. The first-order valence-corrected chi connectivity index (χ1v) is 8.30. The van der Waals surface area contributed by atoms with Crippen molar-refractivity contribution in [1.29, 1.82) is 0 Å². The molecule has 2 aliphatic heterocycles. The highest BCUT2D eigenvalue weighted by Gasteiger charge is 2.42. The summed E-state index contributed by atoms with van der Waals surface area (Å²) < 4.78 is 12.6. The van der Waals surface area contributed by atoms with Crippen molar-refractivity contribution in [2.24, 2.45) is 0 Å². The quantitative estimate of drug-likeness (QED) is 0.601. The van der Waals surface area contributed by atoms with Gasteiger partial charge in [-0.3, -0.25) is 9.47 Å². The summed E-state index contributed by atoms with van der Waals surface area (Å²) >= 11 is 5.98. The van der Waals surface area contributed by atoms with Gasteiger partial charge in [-0.05, 0) is 35.1 Å². The number of fused-ring (bicyclic) bond motifs is 2. The second kappa shape index (κ2) is 5.87. The van der Waals surface area contributed by atoms with Crippen molar-refractivity contribution in [3.8, 4) is 6.01 Å². The summed E-state index contributed by atoms with van der Waals surface area (Å²) in [6.45, 7) is 3.00. The molecule has 136 valence electrons. The topological polar surface area (TPSA) is 99.7 Å². The maximum atomic E-state index is 12.4. The Kier molecular flexibility index (Phi) is 3.76. The molecule has 0 bridgehead atoms. The minimum absolute atomic E-state index is 0.0105. The lowest BCUT2D eigenvalue weighted by atomic mass is 10.1. The number of aromatic nitrogens is 2. The third kappa shape index (κ3) is 2.94. The molecule has 1 amide bonds. The number of nitro groups is 1. The van der Waals surface area contributed by atoms with Gasteiger partial charge in [0.1, 0.15) is 12.8 Å². The van der Waals surface area contributed by atoms with Crippen LogP contribution < -0.4 is 4.74 Å². The first kappa shape index (κ1) is 16.6. The molecule has 2 aliphatic rings. The van der Waals surface area contributed by atoms with E-state index in [1.54, 1.807) is 22.5 Å². The van der Waals surface area contributed by atoms with E-state index >= 15 is 0 Å². The Morgan fingerprint density at radius 3 is 2.96 bits per heavy atom. The average Bonchev–Trinajstić information content (AvgIpc) is 3.23. The van der Waals surface area contributed by atoms with Crippen LogP contribution >= 0.6 is 11.6 Å². The third-order valence-electron chi connectivity index (χ3n) is 4.41. The Morgan fingerprint density at radius 1 is 1.46 bits per heavy atom. The predicted molar refractivity (Wildman–Crippen MR) is 90.0 cm³/mol. The van der Waals surface area contributed by atoms with Crippen molar-refractivity contribution in [3.63, 3.8) is 0 Å². The standard InChI is InChI=1S/C16H15ClN4O5/c1-16(8-20-7-13(21(23)24)18-14(20)26-16)9-25-15(22)19-5-10-2-3-12(17)4-11(10)6-19/h2-4,7H,5-6,8-9H2,1H3/t16-/m1/s1. The van der Waals surface area contributed by atoms with Gasteiger partial charge in [-0.2, -0.15) is 0 Å². The van der Waals surface area contributed by atoms with Crippen molar-refractivity contribution in [3.05, 3.63) is 50.7 Å². The number of carbonyl (C=O) groups excluding carboxylic acids is 1. The smallest absolute Gasteiger partial charge is 0.415 e. The fourth-order valence-electron chi connectivity index (χ4n) is 3.15. The molecule has 0 fully saturated rings. The number of nitrogens with zero attached hydrogens (tertiary/aromatic N) is 4. The van der Waals surface area contributed by atoms with E-state index in [9.17, 15) is 14.9 Å². The SMILES string of the molecule is C[C@]1(COC(=O)N2Cc3ccc(Cl)cc3C2)Cn2cc([N+](=O)[O-])nc2O1. The number of carbonyl (C=O) groups is 1. The predicted octanol–water partition coefficient (Wildman–Crippen LogP) is 2.75. The lowest BCUT2D eigenvalue weighted by Crippen LogP contribution is -2.40. The number of imidazole rings is 1. The minimum Gasteiger partial charge on any atom is -0.445 e. The Labute approximate surface area is 153 Å². The molecule has 1 aromatic heterocycles. The van der Waals surface area contributed by atoms with Gasteiger partial charge < -0.3 is 19.6 Å². The molecule has 0 saturated carbocycles. The molecule has 9 nitrogen and oxygen atoms in total. The van der Waals surface area contributed by atoms with Crippen molar-refractivity contribution >= 4 is 23.5 Å². The number of rotatable bonds is 3. The summed E-state index contributed by atoms with van der Waals surface area (Å²) in [4.78, 5) is 27.9. The lowest BCUT2D eigenvalue weighted by molar-refractivity contribution is -0.389. The molecule has 0 unspecified atom stereocenters. The van der Waals surface area contributed by atoms with E-state index in [4.69, 9.17) is 21.1 Å². The van der Waals surface area contributed by atoms with Crippen LogP contribution in [0.3, 0.4) is 0 Å². The van der Waals surface area contributed by atoms with Crippen LogP contribution in [0.4, 0.5) is 10.6 Å². The molecule has 2 aromatic rings. The number of hydrogen-bond donors (Lipinski definition) is 0. The molecule has 0 radical (unpaired) electrons. The highest BCUT2D eigenvalue weighted by molar-refractivity contribution is 6.30. The van der Waals surface area contributed by atoms with Crippen molar-refractivity contribution in [2.45, 2.75) is 32.2 Å². The van der Waals surface area contributed by atoms with Gasteiger partial charge >= 0.3 is 17.9 Å². The van der Waals surface area contributed by atoms with E-state index in [1.165, 1.54) is 6.20 Å². The van der Waals surface area contributed by atoms with Crippen LogP contribution in [-0.2, 0) is 24.4 Å². The molecule has 0 aliphatic carbocycles. The number of amides is 1. The molecule has 4 rings (SSSR count). The summed E-state index contributed by atoms with van der Waals surface area (Å²) in [5, 5.41) is 11.4. The first-order chi connectivity index (χ1) is 12.3. The summed E-state index contributed by atoms with van der Waals surface area (Å²) in [5.74, 6) is -0.271. The van der Waals surface area contributed by atoms with E-state index in [2.05, 4.69) is 4.98 Å². The van der Waals surface area contributed by atoms with Crippen LogP contribution in [0, 0.1) is 10.1 Å². The van der Waals surface area contributed by atoms with Gasteiger partial charge in [0.05, 0.1) is 6.54 Å². The highest BCUT2D eigenvalue weighted by Crippen LogP contribution is 2.32. The number of ether oxygens (including phenoxy) is 2. The summed E-state index contributed by atoms with van der Waals surface area (Å²) in [5.41, 5.74) is 1.23. The first-order valence-electron chi connectivity index (χ1n) is 7.93. The maximum absolute atomic E-state index is 12.4. The lowest BCUT2D eigenvalue weighted by Gasteiger charge is -2.23. The molecule has 26 heavy (non-hydrogen) atoms. The average molecular weight is 379 g/mol. The zero-order valence-corrected chi connectivity index (χ0v) is 14.6. The zero-order chi connectivity index (χ0) is 18.5. The maximum Gasteiger partial charge on any atom is 0.415 e. The third-order valence-corrected chi connectivity index (χ3v) is 4.64.